The van der Waals surface area contributed by atoms with E-state index in [9.17, 15) is 13.2 Å². The largest absolute Gasteiger partial charge is 0.397 e. The quantitative estimate of drug-likeness (QED) is 0.644. The minimum atomic E-state index is -1.50. The van der Waals surface area contributed by atoms with E-state index in [0.29, 0.717) is 11.4 Å². The number of hydrogen-bond donors (Lipinski definition) is 2. The molecule has 2 rings (SSSR count). The summed E-state index contributed by atoms with van der Waals surface area (Å²) < 4.78 is 39.6. The van der Waals surface area contributed by atoms with E-state index in [1.165, 1.54) is 0 Å². The Morgan fingerprint density at radius 1 is 1.00 bits per heavy atom. The van der Waals surface area contributed by atoms with Gasteiger partial charge in [0.1, 0.15) is 0 Å². The van der Waals surface area contributed by atoms with Gasteiger partial charge in [-0.05, 0) is 18.2 Å². The first kappa shape index (κ1) is 12.8. The minimum Gasteiger partial charge on any atom is -0.397 e. The summed E-state index contributed by atoms with van der Waals surface area (Å²) in [5, 5.41) is 2.72. The molecule has 18 heavy (non-hydrogen) atoms. The van der Waals surface area contributed by atoms with Crippen molar-refractivity contribution >= 4 is 33.0 Å². The highest BCUT2D eigenvalue weighted by Crippen LogP contribution is 2.27. The summed E-state index contributed by atoms with van der Waals surface area (Å²) in [4.78, 5) is 0. The molecule has 94 valence electrons. The Morgan fingerprint density at radius 2 is 1.61 bits per heavy atom. The van der Waals surface area contributed by atoms with Crippen LogP contribution in [0.3, 0.4) is 0 Å². The fourth-order valence-corrected chi connectivity index (χ4v) is 1.81. The first-order chi connectivity index (χ1) is 8.47. The van der Waals surface area contributed by atoms with Crippen LogP contribution in [0.2, 0.25) is 0 Å². The van der Waals surface area contributed by atoms with E-state index in [1.807, 2.05) is 0 Å². The van der Waals surface area contributed by atoms with Gasteiger partial charge in [-0.25, -0.2) is 13.2 Å². The van der Waals surface area contributed by atoms with E-state index in [0.717, 1.165) is 16.6 Å². The first-order valence-corrected chi connectivity index (χ1v) is 5.73. The predicted octanol–water partition coefficient (Wildman–Crippen LogP) is 4.19. The summed E-state index contributed by atoms with van der Waals surface area (Å²) in [5.41, 5.74) is 6.68. The summed E-state index contributed by atoms with van der Waals surface area (Å²) in [6.07, 6.45) is 0. The minimum absolute atomic E-state index is 0.0837. The summed E-state index contributed by atoms with van der Waals surface area (Å²) in [6.45, 7) is 0. The van der Waals surface area contributed by atoms with E-state index >= 15 is 0 Å². The van der Waals surface area contributed by atoms with Crippen molar-refractivity contribution in [2.75, 3.05) is 11.1 Å². The molecule has 2 nitrogen and oxygen atoms in total. The van der Waals surface area contributed by atoms with E-state index in [2.05, 4.69) is 21.2 Å². The van der Waals surface area contributed by atoms with Crippen LogP contribution in [-0.2, 0) is 0 Å². The lowest BCUT2D eigenvalue weighted by atomic mass is 10.2. The molecular formula is C12H8BrF3N2. The van der Waals surface area contributed by atoms with Crippen molar-refractivity contribution in [2.45, 2.75) is 0 Å². The Labute approximate surface area is 110 Å². The maximum atomic E-state index is 13.0. The van der Waals surface area contributed by atoms with Gasteiger partial charge in [0.25, 0.3) is 0 Å². The molecule has 0 aliphatic rings. The van der Waals surface area contributed by atoms with Crippen LogP contribution in [0.15, 0.2) is 34.8 Å². The summed E-state index contributed by atoms with van der Waals surface area (Å²) in [5.74, 6) is -4.01. The average molecular weight is 317 g/mol. The van der Waals surface area contributed by atoms with Gasteiger partial charge >= 0.3 is 0 Å². The highest BCUT2D eigenvalue weighted by atomic mass is 79.9. The topological polar surface area (TPSA) is 38.0 Å². The lowest BCUT2D eigenvalue weighted by Gasteiger charge is -2.10. The van der Waals surface area contributed by atoms with Gasteiger partial charge in [-0.1, -0.05) is 15.9 Å². The maximum absolute atomic E-state index is 13.0. The Kier molecular flexibility index (Phi) is 3.47. The Morgan fingerprint density at radius 3 is 2.17 bits per heavy atom. The Bertz CT molecular complexity index is 579. The molecule has 0 radical (unpaired) electrons. The molecule has 3 N–H and O–H groups in total. The number of benzene rings is 2. The number of nitrogens with two attached hydrogens (primary N) is 1. The van der Waals surface area contributed by atoms with E-state index in [-0.39, 0.29) is 5.69 Å². The predicted molar refractivity (Wildman–Crippen MR) is 68.2 cm³/mol. The summed E-state index contributed by atoms with van der Waals surface area (Å²) >= 11 is 3.24. The molecule has 0 fully saturated rings. The monoisotopic (exact) mass is 316 g/mol. The fourth-order valence-electron chi connectivity index (χ4n) is 1.43. The SMILES string of the molecule is Nc1cc(Br)ccc1Nc1cc(F)c(F)c(F)c1. The Hall–Kier alpha value is -1.69. The first-order valence-electron chi connectivity index (χ1n) is 4.94. The third-order valence-electron chi connectivity index (χ3n) is 2.28. The van der Waals surface area contributed by atoms with Gasteiger partial charge in [0.2, 0.25) is 0 Å². The normalized spacial score (nSPS) is 10.4. The maximum Gasteiger partial charge on any atom is 0.194 e. The van der Waals surface area contributed by atoms with Crippen LogP contribution >= 0.6 is 15.9 Å². The zero-order chi connectivity index (χ0) is 13.3. The zero-order valence-corrected chi connectivity index (χ0v) is 10.6. The van der Waals surface area contributed by atoms with Gasteiger partial charge < -0.3 is 11.1 Å². The van der Waals surface area contributed by atoms with Gasteiger partial charge in [-0.15, -0.1) is 0 Å². The average Bonchev–Trinajstić information content (AvgIpc) is 2.29. The van der Waals surface area contributed by atoms with Gasteiger partial charge in [0.15, 0.2) is 17.5 Å². The van der Waals surface area contributed by atoms with Crippen LogP contribution < -0.4 is 11.1 Å². The van der Waals surface area contributed by atoms with Gasteiger partial charge in [0, 0.05) is 22.3 Å². The summed E-state index contributed by atoms with van der Waals surface area (Å²) in [7, 11) is 0. The molecule has 0 aliphatic carbocycles. The number of nitrogens with one attached hydrogen (secondary N) is 1. The second-order valence-electron chi connectivity index (χ2n) is 3.61. The van der Waals surface area contributed by atoms with Crippen molar-refractivity contribution in [2.24, 2.45) is 0 Å². The van der Waals surface area contributed by atoms with E-state index < -0.39 is 17.5 Å². The molecule has 0 heterocycles. The molecule has 0 atom stereocenters. The lowest BCUT2D eigenvalue weighted by Crippen LogP contribution is -1.99. The zero-order valence-electron chi connectivity index (χ0n) is 8.98. The third kappa shape index (κ3) is 2.59. The molecule has 0 spiro atoms. The number of halogens is 4. The van der Waals surface area contributed by atoms with Gasteiger partial charge in [-0.3, -0.25) is 0 Å². The highest BCUT2D eigenvalue weighted by Gasteiger charge is 2.11. The van der Waals surface area contributed by atoms with Crippen LogP contribution in [0.1, 0.15) is 0 Å². The van der Waals surface area contributed by atoms with Crippen molar-refractivity contribution < 1.29 is 13.2 Å². The molecule has 0 unspecified atom stereocenters. The Balaban J connectivity index is 2.34. The number of anilines is 3. The molecule has 0 saturated carbocycles. The van der Waals surface area contributed by atoms with Gasteiger partial charge in [0.05, 0.1) is 11.4 Å². The van der Waals surface area contributed by atoms with Crippen molar-refractivity contribution in [1.82, 2.24) is 0 Å². The molecule has 0 aromatic heterocycles. The van der Waals surface area contributed by atoms with Crippen molar-refractivity contribution in [1.29, 1.82) is 0 Å². The fraction of sp³-hybridized carbons (Fsp3) is 0. The molecule has 0 saturated heterocycles. The van der Waals surface area contributed by atoms with E-state index in [1.54, 1.807) is 18.2 Å². The summed E-state index contributed by atoms with van der Waals surface area (Å²) in [6, 6.07) is 6.71. The lowest BCUT2D eigenvalue weighted by molar-refractivity contribution is 0.448. The molecule has 0 aliphatic heterocycles. The van der Waals surface area contributed by atoms with Gasteiger partial charge in [-0.2, -0.15) is 0 Å². The van der Waals surface area contributed by atoms with Crippen molar-refractivity contribution in [3.05, 3.63) is 52.3 Å². The second-order valence-corrected chi connectivity index (χ2v) is 4.53. The third-order valence-corrected chi connectivity index (χ3v) is 2.77. The van der Waals surface area contributed by atoms with Crippen molar-refractivity contribution in [3.8, 4) is 0 Å². The van der Waals surface area contributed by atoms with Crippen LogP contribution in [-0.4, -0.2) is 0 Å². The van der Waals surface area contributed by atoms with Crippen molar-refractivity contribution in [3.63, 3.8) is 0 Å². The highest BCUT2D eigenvalue weighted by molar-refractivity contribution is 9.10. The molecule has 2 aromatic rings. The standard InChI is InChI=1S/C12H8BrF3N2/c13-6-1-2-11(10(17)3-6)18-7-4-8(14)12(16)9(15)5-7/h1-5,18H,17H2. The molecule has 0 bridgehead atoms. The van der Waals surface area contributed by atoms with Crippen LogP contribution in [0.5, 0.6) is 0 Å². The smallest absolute Gasteiger partial charge is 0.194 e. The number of nitrogen functional groups attached to an aromatic ring is 1. The molecular weight excluding hydrogens is 309 g/mol. The van der Waals surface area contributed by atoms with E-state index in [4.69, 9.17) is 5.73 Å². The second kappa shape index (κ2) is 4.89. The molecule has 2 aromatic carbocycles. The molecule has 6 heteroatoms. The van der Waals surface area contributed by atoms with Crippen LogP contribution in [0, 0.1) is 17.5 Å². The van der Waals surface area contributed by atoms with Crippen LogP contribution in [0.4, 0.5) is 30.2 Å². The number of rotatable bonds is 2. The number of hydrogen-bond acceptors (Lipinski definition) is 2. The van der Waals surface area contributed by atoms with Crippen LogP contribution in [0.25, 0.3) is 0 Å². The molecule has 0 amide bonds.